The van der Waals surface area contributed by atoms with Crippen LogP contribution in [0.1, 0.15) is 35.6 Å². The zero-order valence-corrected chi connectivity index (χ0v) is 14.7. The summed E-state index contributed by atoms with van der Waals surface area (Å²) in [5.41, 5.74) is 3.20. The maximum atomic E-state index is 10.2. The van der Waals surface area contributed by atoms with E-state index in [1.54, 1.807) is 0 Å². The lowest BCUT2D eigenvalue weighted by atomic mass is 10.0. The van der Waals surface area contributed by atoms with Gasteiger partial charge in [-0.1, -0.05) is 0 Å². The first-order valence-electron chi connectivity index (χ1n) is 7.65. The molecule has 5 nitrogen and oxygen atoms in total. The van der Waals surface area contributed by atoms with Gasteiger partial charge in [0, 0.05) is 37.4 Å². The molecule has 3 rings (SSSR count). The molecule has 1 atom stereocenters. The van der Waals surface area contributed by atoms with Gasteiger partial charge in [0.05, 0.1) is 5.60 Å². The Hall–Kier alpha value is -0.460. The topological polar surface area (TPSA) is 70.1 Å². The molecule has 0 spiro atoms. The second kappa shape index (κ2) is 8.41. The van der Waals surface area contributed by atoms with E-state index >= 15 is 0 Å². The van der Waals surface area contributed by atoms with Gasteiger partial charge >= 0.3 is 0 Å². The van der Waals surface area contributed by atoms with Crippen molar-refractivity contribution in [3.63, 3.8) is 0 Å². The molecule has 22 heavy (non-hydrogen) atoms. The van der Waals surface area contributed by atoms with Crippen LogP contribution in [-0.2, 0) is 19.3 Å². The van der Waals surface area contributed by atoms with Crippen LogP contribution in [0.5, 0.6) is 0 Å². The van der Waals surface area contributed by atoms with Crippen LogP contribution in [0.4, 0.5) is 0 Å². The van der Waals surface area contributed by atoms with Crippen molar-refractivity contribution in [3.8, 4) is 0 Å². The molecule has 7 heteroatoms. The van der Waals surface area contributed by atoms with E-state index in [0.717, 1.165) is 50.3 Å². The van der Waals surface area contributed by atoms with Crippen molar-refractivity contribution in [3.05, 3.63) is 22.8 Å². The number of aryl methyl sites for hydroxylation is 2. The van der Waals surface area contributed by atoms with Gasteiger partial charge < -0.3 is 15.7 Å². The Labute approximate surface area is 144 Å². The molecule has 1 unspecified atom stereocenters. The number of hydrogen-bond acceptors (Lipinski definition) is 5. The van der Waals surface area contributed by atoms with E-state index in [-0.39, 0.29) is 24.8 Å². The van der Waals surface area contributed by atoms with Crippen LogP contribution in [0.2, 0.25) is 0 Å². The summed E-state index contributed by atoms with van der Waals surface area (Å²) in [6, 6.07) is 0. The number of halogens is 2. The number of hydrogen-bond donors (Lipinski definition) is 3. The van der Waals surface area contributed by atoms with Crippen LogP contribution < -0.4 is 10.6 Å². The van der Waals surface area contributed by atoms with Crippen molar-refractivity contribution in [2.75, 3.05) is 26.2 Å². The average molecular weight is 349 g/mol. The zero-order valence-electron chi connectivity index (χ0n) is 13.0. The lowest BCUT2D eigenvalue weighted by Gasteiger charge is -2.21. The van der Waals surface area contributed by atoms with Crippen LogP contribution in [0.15, 0.2) is 0 Å². The standard InChI is InChI=1S/C15H24N4O.2ClH/c1-11-12-3-2-4-13(12)19-14(18-11)5-7-16-9-15(20)6-8-17-10-15;;/h16-17,20H,2-10H2,1H3;2*1H. The summed E-state index contributed by atoms with van der Waals surface area (Å²) in [6.45, 7) is 5.15. The van der Waals surface area contributed by atoms with E-state index in [1.165, 1.54) is 17.7 Å². The van der Waals surface area contributed by atoms with Crippen molar-refractivity contribution in [2.45, 2.75) is 44.6 Å². The van der Waals surface area contributed by atoms with Crippen LogP contribution in [0, 0.1) is 6.92 Å². The summed E-state index contributed by atoms with van der Waals surface area (Å²) in [5.74, 6) is 0.937. The van der Waals surface area contributed by atoms with Crippen molar-refractivity contribution < 1.29 is 5.11 Å². The van der Waals surface area contributed by atoms with Gasteiger partial charge in [-0.25, -0.2) is 9.97 Å². The van der Waals surface area contributed by atoms with E-state index in [4.69, 9.17) is 0 Å². The number of aromatic nitrogens is 2. The first kappa shape index (κ1) is 19.6. The van der Waals surface area contributed by atoms with Gasteiger partial charge in [-0.15, -0.1) is 24.8 Å². The number of nitrogens with zero attached hydrogens (tertiary/aromatic N) is 2. The number of rotatable bonds is 5. The summed E-state index contributed by atoms with van der Waals surface area (Å²) < 4.78 is 0. The molecule has 0 aromatic carbocycles. The number of β-amino-alcohol motifs (C(OH)–C–C–N with tert-alkyl or cyclic N) is 1. The predicted octanol–water partition coefficient (Wildman–Crippen LogP) is 0.974. The fourth-order valence-electron chi connectivity index (χ4n) is 3.20. The van der Waals surface area contributed by atoms with Gasteiger partial charge in [0.2, 0.25) is 0 Å². The minimum atomic E-state index is -0.575. The molecule has 1 aliphatic heterocycles. The smallest absolute Gasteiger partial charge is 0.130 e. The molecule has 2 aliphatic rings. The molecule has 0 bridgehead atoms. The van der Waals surface area contributed by atoms with E-state index in [1.807, 2.05) is 0 Å². The zero-order chi connectivity index (χ0) is 14.0. The molecule has 126 valence electrons. The second-order valence-electron chi connectivity index (χ2n) is 6.08. The van der Waals surface area contributed by atoms with Crippen molar-refractivity contribution in [1.82, 2.24) is 20.6 Å². The monoisotopic (exact) mass is 348 g/mol. The minimum Gasteiger partial charge on any atom is -0.387 e. The number of nitrogens with one attached hydrogen (secondary N) is 2. The average Bonchev–Trinajstić information content (AvgIpc) is 3.04. The van der Waals surface area contributed by atoms with E-state index in [0.29, 0.717) is 13.1 Å². The molecule has 1 fully saturated rings. The van der Waals surface area contributed by atoms with Gasteiger partial charge in [-0.05, 0) is 44.7 Å². The molecule has 1 aromatic heterocycles. The Balaban J connectivity index is 0.00000121. The Morgan fingerprint density at radius 2 is 2.09 bits per heavy atom. The lowest BCUT2D eigenvalue weighted by Crippen LogP contribution is -2.42. The molecule has 2 heterocycles. The van der Waals surface area contributed by atoms with Crippen molar-refractivity contribution >= 4 is 24.8 Å². The minimum absolute atomic E-state index is 0. The van der Waals surface area contributed by atoms with Crippen LogP contribution >= 0.6 is 24.8 Å². The molecule has 1 aromatic rings. The third kappa shape index (κ3) is 4.52. The quantitative estimate of drug-likeness (QED) is 0.692. The molecule has 1 aliphatic carbocycles. The fourth-order valence-corrected chi connectivity index (χ4v) is 3.20. The van der Waals surface area contributed by atoms with Crippen molar-refractivity contribution in [1.29, 1.82) is 0 Å². The lowest BCUT2D eigenvalue weighted by molar-refractivity contribution is 0.0614. The predicted molar refractivity (Wildman–Crippen MR) is 92.3 cm³/mol. The second-order valence-corrected chi connectivity index (χ2v) is 6.08. The Morgan fingerprint density at radius 3 is 2.82 bits per heavy atom. The highest BCUT2D eigenvalue weighted by Crippen LogP contribution is 2.22. The molecule has 3 N–H and O–H groups in total. The van der Waals surface area contributed by atoms with Gasteiger partial charge in [0.15, 0.2) is 0 Å². The highest BCUT2D eigenvalue weighted by Gasteiger charge is 2.30. The number of fused-ring (bicyclic) bond motifs is 1. The molecular weight excluding hydrogens is 323 g/mol. The maximum absolute atomic E-state index is 10.2. The molecule has 0 saturated carbocycles. The SMILES string of the molecule is Cc1nc(CCNCC2(O)CCNC2)nc2c1CCC2.Cl.Cl. The molecule has 0 amide bonds. The summed E-state index contributed by atoms with van der Waals surface area (Å²) in [4.78, 5) is 9.28. The van der Waals surface area contributed by atoms with E-state index in [9.17, 15) is 5.11 Å². The highest BCUT2D eigenvalue weighted by atomic mass is 35.5. The largest absolute Gasteiger partial charge is 0.387 e. The van der Waals surface area contributed by atoms with Crippen LogP contribution in [0.3, 0.4) is 0 Å². The van der Waals surface area contributed by atoms with Crippen molar-refractivity contribution in [2.24, 2.45) is 0 Å². The molecular formula is C15H26Cl2N4O. The summed E-state index contributed by atoms with van der Waals surface area (Å²) >= 11 is 0. The van der Waals surface area contributed by atoms with Gasteiger partial charge in [0.25, 0.3) is 0 Å². The number of aliphatic hydroxyl groups is 1. The van der Waals surface area contributed by atoms with Gasteiger partial charge in [-0.3, -0.25) is 0 Å². The molecule has 1 saturated heterocycles. The third-order valence-corrected chi connectivity index (χ3v) is 4.39. The molecule has 0 radical (unpaired) electrons. The van der Waals surface area contributed by atoms with Gasteiger partial charge in [-0.2, -0.15) is 0 Å². The van der Waals surface area contributed by atoms with Crippen LogP contribution in [0.25, 0.3) is 0 Å². The Kier molecular flexibility index (Phi) is 7.49. The summed E-state index contributed by atoms with van der Waals surface area (Å²) in [5, 5.41) is 16.7. The van der Waals surface area contributed by atoms with Crippen LogP contribution in [-0.4, -0.2) is 46.9 Å². The Morgan fingerprint density at radius 1 is 1.27 bits per heavy atom. The van der Waals surface area contributed by atoms with E-state index in [2.05, 4.69) is 27.5 Å². The third-order valence-electron chi connectivity index (χ3n) is 4.39. The fraction of sp³-hybridized carbons (Fsp3) is 0.733. The first-order valence-corrected chi connectivity index (χ1v) is 7.65. The highest BCUT2D eigenvalue weighted by molar-refractivity contribution is 5.85. The first-order chi connectivity index (χ1) is 9.66. The summed E-state index contributed by atoms with van der Waals surface area (Å²) in [6.07, 6.45) is 5.11. The maximum Gasteiger partial charge on any atom is 0.130 e. The normalized spacial score (nSPS) is 22.8. The van der Waals surface area contributed by atoms with E-state index < -0.39 is 5.60 Å². The van der Waals surface area contributed by atoms with Gasteiger partial charge in [0.1, 0.15) is 5.82 Å². The summed E-state index contributed by atoms with van der Waals surface area (Å²) in [7, 11) is 0. The Bertz CT molecular complexity index is 493.